The highest BCUT2D eigenvalue weighted by Gasteiger charge is 2.14. The molecule has 2 aromatic carbocycles. The lowest BCUT2D eigenvalue weighted by atomic mass is 10.2. The molecule has 27 heavy (non-hydrogen) atoms. The predicted molar refractivity (Wildman–Crippen MR) is 104 cm³/mol. The first-order valence-corrected chi connectivity index (χ1v) is 8.79. The standard InChI is InChI=1S/C20H22N4O3/c1-3-12-24-17-7-5-4-6-16(17)22-20(24)23-18(25)13-21-19(26)14-8-10-15(27-2)11-9-14/h4-11H,3,12-13H2,1-2H3,(H,21,26)(H,22,23,25). The molecule has 0 fully saturated rings. The van der Waals surface area contributed by atoms with Gasteiger partial charge in [-0.3, -0.25) is 14.9 Å². The molecule has 0 aliphatic rings. The minimum Gasteiger partial charge on any atom is -0.497 e. The molecule has 3 aromatic rings. The number of carbonyl (C=O) groups is 2. The Labute approximate surface area is 157 Å². The van der Waals surface area contributed by atoms with E-state index in [-0.39, 0.29) is 18.4 Å². The molecule has 0 saturated carbocycles. The number of amides is 2. The van der Waals surface area contributed by atoms with Gasteiger partial charge in [-0.1, -0.05) is 19.1 Å². The van der Waals surface area contributed by atoms with Crippen LogP contribution >= 0.6 is 0 Å². The Kier molecular flexibility index (Phi) is 5.71. The first-order valence-electron chi connectivity index (χ1n) is 8.79. The lowest BCUT2D eigenvalue weighted by molar-refractivity contribution is -0.115. The fourth-order valence-corrected chi connectivity index (χ4v) is 2.79. The molecule has 0 bridgehead atoms. The molecule has 1 heterocycles. The summed E-state index contributed by atoms with van der Waals surface area (Å²) in [6.45, 7) is 2.67. The van der Waals surface area contributed by atoms with Crippen molar-refractivity contribution in [3.8, 4) is 5.75 Å². The number of nitrogens with one attached hydrogen (secondary N) is 2. The van der Waals surface area contributed by atoms with E-state index >= 15 is 0 Å². The van der Waals surface area contributed by atoms with E-state index in [0.717, 1.165) is 24.0 Å². The maximum atomic E-state index is 12.3. The van der Waals surface area contributed by atoms with Crippen molar-refractivity contribution < 1.29 is 14.3 Å². The third kappa shape index (κ3) is 4.25. The largest absolute Gasteiger partial charge is 0.497 e. The van der Waals surface area contributed by atoms with Gasteiger partial charge in [-0.05, 0) is 42.8 Å². The highest BCUT2D eigenvalue weighted by atomic mass is 16.5. The van der Waals surface area contributed by atoms with Crippen molar-refractivity contribution in [1.29, 1.82) is 0 Å². The van der Waals surface area contributed by atoms with Crippen molar-refractivity contribution in [3.05, 3.63) is 54.1 Å². The van der Waals surface area contributed by atoms with Gasteiger partial charge < -0.3 is 14.6 Å². The number of carbonyl (C=O) groups excluding carboxylic acids is 2. The summed E-state index contributed by atoms with van der Waals surface area (Å²) in [5, 5.41) is 5.40. The minimum absolute atomic E-state index is 0.139. The van der Waals surface area contributed by atoms with Crippen molar-refractivity contribution in [2.24, 2.45) is 0 Å². The number of para-hydroxylation sites is 2. The average molecular weight is 366 g/mol. The number of hydrogen-bond donors (Lipinski definition) is 2. The van der Waals surface area contributed by atoms with Gasteiger partial charge in [0.2, 0.25) is 11.9 Å². The number of methoxy groups -OCH3 is 1. The number of aromatic nitrogens is 2. The summed E-state index contributed by atoms with van der Waals surface area (Å²) in [5.74, 6) is 0.500. The second-order valence-corrected chi connectivity index (χ2v) is 6.04. The van der Waals surface area contributed by atoms with Crippen LogP contribution in [0.25, 0.3) is 11.0 Å². The van der Waals surface area contributed by atoms with Crippen LogP contribution in [0, 0.1) is 0 Å². The topological polar surface area (TPSA) is 85.2 Å². The van der Waals surface area contributed by atoms with Crippen molar-refractivity contribution in [1.82, 2.24) is 14.9 Å². The van der Waals surface area contributed by atoms with E-state index in [4.69, 9.17) is 4.74 Å². The summed E-state index contributed by atoms with van der Waals surface area (Å²) in [6.07, 6.45) is 0.914. The average Bonchev–Trinajstić information content (AvgIpc) is 3.03. The second kappa shape index (κ2) is 8.35. The molecule has 140 valence electrons. The third-order valence-corrected chi connectivity index (χ3v) is 4.11. The Morgan fingerprint density at radius 3 is 2.56 bits per heavy atom. The van der Waals surface area contributed by atoms with Gasteiger partial charge in [0, 0.05) is 12.1 Å². The normalized spacial score (nSPS) is 10.6. The van der Waals surface area contributed by atoms with E-state index in [1.54, 1.807) is 31.4 Å². The van der Waals surface area contributed by atoms with E-state index in [0.29, 0.717) is 17.3 Å². The van der Waals surface area contributed by atoms with Crippen molar-refractivity contribution >= 4 is 28.8 Å². The second-order valence-electron chi connectivity index (χ2n) is 6.04. The lowest BCUT2D eigenvalue weighted by Gasteiger charge is -2.10. The van der Waals surface area contributed by atoms with Crippen LogP contribution < -0.4 is 15.4 Å². The molecule has 2 amide bonds. The van der Waals surface area contributed by atoms with E-state index in [9.17, 15) is 9.59 Å². The van der Waals surface area contributed by atoms with E-state index in [1.165, 1.54) is 0 Å². The monoisotopic (exact) mass is 366 g/mol. The van der Waals surface area contributed by atoms with Gasteiger partial charge in [-0.25, -0.2) is 4.98 Å². The molecule has 0 aliphatic carbocycles. The SMILES string of the molecule is CCCn1c(NC(=O)CNC(=O)c2ccc(OC)cc2)nc2ccccc21. The molecular weight excluding hydrogens is 344 g/mol. The number of rotatable bonds is 7. The van der Waals surface area contributed by atoms with Crippen LogP contribution in [0.4, 0.5) is 5.95 Å². The molecule has 2 N–H and O–H groups in total. The summed E-state index contributed by atoms with van der Waals surface area (Å²) >= 11 is 0. The zero-order valence-electron chi connectivity index (χ0n) is 15.4. The summed E-state index contributed by atoms with van der Waals surface area (Å²) in [5.41, 5.74) is 2.25. The van der Waals surface area contributed by atoms with Gasteiger partial charge >= 0.3 is 0 Å². The first-order chi connectivity index (χ1) is 13.1. The number of hydrogen-bond acceptors (Lipinski definition) is 4. The Morgan fingerprint density at radius 1 is 1.11 bits per heavy atom. The van der Waals surface area contributed by atoms with Crippen LogP contribution in [0.15, 0.2) is 48.5 Å². The zero-order chi connectivity index (χ0) is 19.2. The lowest BCUT2D eigenvalue weighted by Crippen LogP contribution is -2.33. The minimum atomic E-state index is -0.329. The van der Waals surface area contributed by atoms with Crippen LogP contribution in [0.2, 0.25) is 0 Å². The Bertz CT molecular complexity index is 948. The van der Waals surface area contributed by atoms with Crippen LogP contribution in [-0.2, 0) is 11.3 Å². The zero-order valence-corrected chi connectivity index (χ0v) is 15.4. The molecule has 1 aromatic heterocycles. The van der Waals surface area contributed by atoms with Gasteiger partial charge in [-0.15, -0.1) is 0 Å². The Balaban J connectivity index is 1.64. The molecule has 0 radical (unpaired) electrons. The van der Waals surface area contributed by atoms with E-state index in [1.807, 2.05) is 28.8 Å². The number of nitrogens with zero attached hydrogens (tertiary/aromatic N) is 2. The maximum absolute atomic E-state index is 12.3. The van der Waals surface area contributed by atoms with Crippen molar-refractivity contribution in [2.45, 2.75) is 19.9 Å². The molecule has 0 saturated heterocycles. The summed E-state index contributed by atoms with van der Waals surface area (Å²) in [4.78, 5) is 28.9. The number of anilines is 1. The maximum Gasteiger partial charge on any atom is 0.251 e. The van der Waals surface area contributed by atoms with Crippen LogP contribution in [0.3, 0.4) is 0 Å². The molecule has 0 unspecified atom stereocenters. The number of fused-ring (bicyclic) bond motifs is 1. The van der Waals surface area contributed by atoms with Gasteiger partial charge in [0.05, 0.1) is 24.7 Å². The molecule has 0 spiro atoms. The summed E-state index contributed by atoms with van der Waals surface area (Å²) in [6, 6.07) is 14.4. The van der Waals surface area contributed by atoms with Crippen LogP contribution in [0.5, 0.6) is 5.75 Å². The highest BCUT2D eigenvalue weighted by Crippen LogP contribution is 2.19. The predicted octanol–water partition coefficient (Wildman–Crippen LogP) is 2.82. The smallest absolute Gasteiger partial charge is 0.251 e. The number of imidazole rings is 1. The molecule has 7 nitrogen and oxygen atoms in total. The molecule has 0 aliphatic heterocycles. The highest BCUT2D eigenvalue weighted by molar-refractivity contribution is 5.99. The number of benzene rings is 2. The Hall–Kier alpha value is -3.35. The quantitative estimate of drug-likeness (QED) is 0.673. The Morgan fingerprint density at radius 2 is 1.85 bits per heavy atom. The number of ether oxygens (including phenoxy) is 1. The molecular formula is C20H22N4O3. The van der Waals surface area contributed by atoms with Crippen LogP contribution in [-0.4, -0.2) is 35.0 Å². The number of aryl methyl sites for hydroxylation is 1. The van der Waals surface area contributed by atoms with Crippen LogP contribution in [0.1, 0.15) is 23.7 Å². The fraction of sp³-hybridized carbons (Fsp3) is 0.250. The fourth-order valence-electron chi connectivity index (χ4n) is 2.79. The molecule has 3 rings (SSSR count). The summed E-state index contributed by atoms with van der Waals surface area (Å²) in [7, 11) is 1.56. The van der Waals surface area contributed by atoms with Gasteiger partial charge in [0.1, 0.15) is 5.75 Å². The van der Waals surface area contributed by atoms with Gasteiger partial charge in [0.15, 0.2) is 0 Å². The first kappa shape index (κ1) is 18.4. The van der Waals surface area contributed by atoms with E-state index < -0.39 is 0 Å². The van der Waals surface area contributed by atoms with Gasteiger partial charge in [-0.2, -0.15) is 0 Å². The molecule has 0 atom stereocenters. The van der Waals surface area contributed by atoms with Crippen molar-refractivity contribution in [3.63, 3.8) is 0 Å². The van der Waals surface area contributed by atoms with Gasteiger partial charge in [0.25, 0.3) is 5.91 Å². The van der Waals surface area contributed by atoms with Crippen molar-refractivity contribution in [2.75, 3.05) is 19.0 Å². The molecule has 7 heteroatoms. The summed E-state index contributed by atoms with van der Waals surface area (Å²) < 4.78 is 7.04. The van der Waals surface area contributed by atoms with E-state index in [2.05, 4.69) is 22.5 Å². The third-order valence-electron chi connectivity index (χ3n) is 4.11.